The Hall–Kier alpha value is -0.900. The van der Waals surface area contributed by atoms with Crippen molar-refractivity contribution in [2.75, 3.05) is 26.2 Å². The summed E-state index contributed by atoms with van der Waals surface area (Å²) < 4.78 is 5.86. The van der Waals surface area contributed by atoms with E-state index in [0.717, 1.165) is 32.3 Å². The van der Waals surface area contributed by atoms with Crippen LogP contribution >= 0.6 is 0 Å². The lowest BCUT2D eigenvalue weighted by molar-refractivity contribution is -0.0974. The third-order valence-corrected chi connectivity index (χ3v) is 4.26. The van der Waals surface area contributed by atoms with Crippen LogP contribution in [0.25, 0.3) is 0 Å². The molecule has 1 unspecified atom stereocenters. The van der Waals surface area contributed by atoms with Gasteiger partial charge >= 0.3 is 0 Å². The number of rotatable bonds is 5. The summed E-state index contributed by atoms with van der Waals surface area (Å²) in [6.07, 6.45) is 2.69. The van der Waals surface area contributed by atoms with Crippen LogP contribution in [0.15, 0.2) is 30.3 Å². The van der Waals surface area contributed by atoms with Gasteiger partial charge in [-0.1, -0.05) is 30.3 Å². The van der Waals surface area contributed by atoms with E-state index in [0.29, 0.717) is 6.04 Å². The number of hydrogen-bond donors (Lipinski definition) is 1. The molecule has 1 aromatic rings. The maximum absolute atomic E-state index is 5.86. The second-order valence-electron chi connectivity index (χ2n) is 6.69. The Labute approximate surface area is 122 Å². The molecule has 1 saturated carbocycles. The normalized spacial score (nSPS) is 24.5. The fraction of sp³-hybridized carbons (Fsp3) is 0.647. The van der Waals surface area contributed by atoms with E-state index < -0.39 is 0 Å². The first-order valence-corrected chi connectivity index (χ1v) is 7.80. The van der Waals surface area contributed by atoms with Crippen LogP contribution in [0.5, 0.6) is 0 Å². The van der Waals surface area contributed by atoms with E-state index in [1.165, 1.54) is 18.4 Å². The van der Waals surface area contributed by atoms with E-state index in [-0.39, 0.29) is 5.60 Å². The first-order chi connectivity index (χ1) is 9.64. The van der Waals surface area contributed by atoms with Crippen molar-refractivity contribution >= 4 is 0 Å². The second kappa shape index (κ2) is 5.84. The molecule has 1 heterocycles. The maximum Gasteiger partial charge on any atom is 0.0753 e. The zero-order valence-electron chi connectivity index (χ0n) is 12.6. The summed E-state index contributed by atoms with van der Waals surface area (Å²) >= 11 is 0. The minimum absolute atomic E-state index is 0.0368. The predicted molar refractivity (Wildman–Crippen MR) is 81.8 cm³/mol. The van der Waals surface area contributed by atoms with Gasteiger partial charge in [0.15, 0.2) is 0 Å². The van der Waals surface area contributed by atoms with Crippen molar-refractivity contribution in [2.45, 2.75) is 44.4 Å². The van der Waals surface area contributed by atoms with Crippen molar-refractivity contribution in [3.05, 3.63) is 35.9 Å². The Balaban J connectivity index is 1.73. The summed E-state index contributed by atoms with van der Waals surface area (Å²) in [5.41, 5.74) is 1.38. The lowest BCUT2D eigenvalue weighted by Gasteiger charge is -2.42. The van der Waals surface area contributed by atoms with Gasteiger partial charge in [0.05, 0.1) is 12.2 Å². The van der Waals surface area contributed by atoms with Gasteiger partial charge in [0.25, 0.3) is 0 Å². The molecule has 0 aromatic heterocycles. The molecule has 0 radical (unpaired) electrons. The van der Waals surface area contributed by atoms with E-state index in [1.807, 2.05) is 0 Å². The highest BCUT2D eigenvalue weighted by atomic mass is 16.5. The number of benzene rings is 1. The number of nitrogens with zero attached hydrogens (tertiary/aromatic N) is 1. The lowest BCUT2D eigenvalue weighted by atomic mass is 10.0. The molecule has 1 aromatic carbocycles. The van der Waals surface area contributed by atoms with Gasteiger partial charge in [-0.15, -0.1) is 0 Å². The molecule has 2 fully saturated rings. The Morgan fingerprint density at radius 1 is 1.30 bits per heavy atom. The number of ether oxygens (including phenoxy) is 1. The summed E-state index contributed by atoms with van der Waals surface area (Å²) in [7, 11) is 0. The van der Waals surface area contributed by atoms with Crippen molar-refractivity contribution in [2.24, 2.45) is 0 Å². The number of nitrogens with one attached hydrogen (secondary N) is 1. The second-order valence-corrected chi connectivity index (χ2v) is 6.69. The SMILES string of the molecule is CC1(C)CN(C(CNC2CC2)c2ccccc2)CCO1. The highest BCUT2D eigenvalue weighted by Crippen LogP contribution is 2.28. The minimum atomic E-state index is -0.0368. The Bertz CT molecular complexity index is 428. The smallest absolute Gasteiger partial charge is 0.0753 e. The maximum atomic E-state index is 5.86. The molecular formula is C17H26N2O. The molecule has 0 spiro atoms. The van der Waals surface area contributed by atoms with Crippen molar-refractivity contribution in [1.29, 1.82) is 0 Å². The monoisotopic (exact) mass is 274 g/mol. The summed E-state index contributed by atoms with van der Waals surface area (Å²) in [4.78, 5) is 2.58. The molecule has 20 heavy (non-hydrogen) atoms. The van der Waals surface area contributed by atoms with Crippen LogP contribution in [0, 0.1) is 0 Å². The van der Waals surface area contributed by atoms with Gasteiger partial charge in [-0.05, 0) is 32.3 Å². The molecule has 1 aliphatic carbocycles. The Morgan fingerprint density at radius 3 is 2.70 bits per heavy atom. The van der Waals surface area contributed by atoms with Gasteiger partial charge in [-0.25, -0.2) is 0 Å². The first kappa shape index (κ1) is 14.1. The van der Waals surface area contributed by atoms with Crippen molar-refractivity contribution in [3.63, 3.8) is 0 Å². The molecular weight excluding hydrogens is 248 g/mol. The van der Waals surface area contributed by atoms with E-state index in [1.54, 1.807) is 0 Å². The molecule has 2 aliphatic rings. The molecule has 3 rings (SSSR count). The van der Waals surface area contributed by atoms with Crippen molar-refractivity contribution < 1.29 is 4.74 Å². The van der Waals surface area contributed by atoms with Gasteiger partial charge in [-0.3, -0.25) is 4.90 Å². The first-order valence-electron chi connectivity index (χ1n) is 7.80. The van der Waals surface area contributed by atoms with E-state index >= 15 is 0 Å². The van der Waals surface area contributed by atoms with Crippen LogP contribution in [0.3, 0.4) is 0 Å². The van der Waals surface area contributed by atoms with Crippen LogP contribution < -0.4 is 5.32 Å². The third kappa shape index (κ3) is 3.60. The predicted octanol–water partition coefficient (Wildman–Crippen LogP) is 2.59. The fourth-order valence-electron chi connectivity index (χ4n) is 3.02. The summed E-state index contributed by atoms with van der Waals surface area (Å²) in [6, 6.07) is 12.1. The quantitative estimate of drug-likeness (QED) is 0.893. The molecule has 1 atom stereocenters. The van der Waals surface area contributed by atoms with Gasteiger partial charge in [0, 0.05) is 31.7 Å². The highest BCUT2D eigenvalue weighted by molar-refractivity contribution is 5.20. The topological polar surface area (TPSA) is 24.5 Å². The summed E-state index contributed by atoms with van der Waals surface area (Å²) in [5.74, 6) is 0. The van der Waals surface area contributed by atoms with Gasteiger partial charge in [-0.2, -0.15) is 0 Å². The molecule has 3 nitrogen and oxygen atoms in total. The zero-order valence-corrected chi connectivity index (χ0v) is 12.6. The average Bonchev–Trinajstić information content (AvgIpc) is 3.23. The van der Waals surface area contributed by atoms with Crippen LogP contribution in [-0.2, 0) is 4.74 Å². The van der Waals surface area contributed by atoms with Crippen LogP contribution in [-0.4, -0.2) is 42.8 Å². The highest BCUT2D eigenvalue weighted by Gasteiger charge is 2.32. The average molecular weight is 274 g/mol. The molecule has 1 N–H and O–H groups in total. The van der Waals surface area contributed by atoms with Crippen LogP contribution in [0.2, 0.25) is 0 Å². The summed E-state index contributed by atoms with van der Waals surface area (Å²) in [5, 5.41) is 3.70. The van der Waals surface area contributed by atoms with E-state index in [4.69, 9.17) is 4.74 Å². The fourth-order valence-corrected chi connectivity index (χ4v) is 3.02. The summed E-state index contributed by atoms with van der Waals surface area (Å²) in [6.45, 7) is 8.28. The van der Waals surface area contributed by atoms with E-state index in [2.05, 4.69) is 54.4 Å². The number of morpholine rings is 1. The van der Waals surface area contributed by atoms with Gasteiger partial charge in [0.1, 0.15) is 0 Å². The van der Waals surface area contributed by atoms with E-state index in [9.17, 15) is 0 Å². The zero-order chi connectivity index (χ0) is 14.0. The number of hydrogen-bond acceptors (Lipinski definition) is 3. The largest absolute Gasteiger partial charge is 0.373 e. The van der Waals surface area contributed by atoms with Crippen molar-refractivity contribution in [1.82, 2.24) is 10.2 Å². The molecule has 0 bridgehead atoms. The van der Waals surface area contributed by atoms with Crippen LogP contribution in [0.4, 0.5) is 0 Å². The van der Waals surface area contributed by atoms with Gasteiger partial charge < -0.3 is 10.1 Å². The molecule has 0 amide bonds. The molecule has 1 aliphatic heterocycles. The Kier molecular flexibility index (Phi) is 4.11. The molecule has 3 heteroatoms. The van der Waals surface area contributed by atoms with Crippen LogP contribution in [0.1, 0.15) is 38.3 Å². The Morgan fingerprint density at radius 2 is 2.05 bits per heavy atom. The van der Waals surface area contributed by atoms with Gasteiger partial charge in [0.2, 0.25) is 0 Å². The lowest BCUT2D eigenvalue weighted by Crippen LogP contribution is -2.51. The minimum Gasteiger partial charge on any atom is -0.373 e. The van der Waals surface area contributed by atoms with Crippen molar-refractivity contribution in [3.8, 4) is 0 Å². The standard InChI is InChI=1S/C17H26N2O/c1-17(2)13-19(10-11-20-17)16(12-18-15-8-9-15)14-6-4-3-5-7-14/h3-7,15-16,18H,8-13H2,1-2H3. The molecule has 110 valence electrons. The molecule has 1 saturated heterocycles. The third-order valence-electron chi connectivity index (χ3n) is 4.26.